The zero-order valence-corrected chi connectivity index (χ0v) is 12.8. The summed E-state index contributed by atoms with van der Waals surface area (Å²) in [6, 6.07) is 2.21. The quantitative estimate of drug-likeness (QED) is 0.649. The number of unbranched alkanes of at least 4 members (excludes halogenated alkanes) is 4. The van der Waals surface area contributed by atoms with E-state index in [1.807, 2.05) is 17.5 Å². The summed E-state index contributed by atoms with van der Waals surface area (Å²) < 4.78 is 0. The molecule has 0 saturated carbocycles. The number of hydroxylamine groups is 2. The third-order valence-corrected chi connectivity index (χ3v) is 3.61. The number of hydrogen-bond donors (Lipinski definition) is 0. The van der Waals surface area contributed by atoms with E-state index < -0.39 is 0 Å². The van der Waals surface area contributed by atoms with Crippen LogP contribution in [0.15, 0.2) is 18.5 Å². The highest BCUT2D eigenvalue weighted by Gasteiger charge is 2.13. The Bertz CT molecular complexity index is 443. The normalized spacial score (nSPS) is 13.2. The summed E-state index contributed by atoms with van der Waals surface area (Å²) in [7, 11) is 0. The maximum Gasteiger partial charge on any atom is 0.253 e. The zero-order chi connectivity index (χ0) is 14.2. The van der Waals surface area contributed by atoms with Crippen molar-refractivity contribution >= 4 is 6.08 Å². The second kappa shape index (κ2) is 7.93. The van der Waals surface area contributed by atoms with E-state index in [9.17, 15) is 0 Å². The van der Waals surface area contributed by atoms with Crippen molar-refractivity contribution in [3.63, 3.8) is 0 Å². The van der Waals surface area contributed by atoms with Gasteiger partial charge in [0.1, 0.15) is 0 Å². The van der Waals surface area contributed by atoms with Crippen LogP contribution < -0.4 is 4.84 Å². The van der Waals surface area contributed by atoms with Crippen LogP contribution in [0, 0.1) is 0 Å². The van der Waals surface area contributed by atoms with Crippen LogP contribution in [0.25, 0.3) is 6.08 Å². The van der Waals surface area contributed by atoms with Gasteiger partial charge in [0.2, 0.25) is 0 Å². The van der Waals surface area contributed by atoms with Crippen LogP contribution in [0.3, 0.4) is 0 Å². The van der Waals surface area contributed by atoms with Gasteiger partial charge in [-0.1, -0.05) is 39.5 Å². The highest BCUT2D eigenvalue weighted by molar-refractivity contribution is 5.56. The van der Waals surface area contributed by atoms with Crippen molar-refractivity contribution in [3.8, 4) is 5.88 Å². The van der Waals surface area contributed by atoms with Crippen LogP contribution in [-0.2, 0) is 6.42 Å². The SMILES string of the molecule is CCCCCc1cnc2c(c1)C=CN(CCCCC)O2. The van der Waals surface area contributed by atoms with Gasteiger partial charge in [-0.05, 0) is 37.0 Å². The molecule has 20 heavy (non-hydrogen) atoms. The molecule has 0 atom stereocenters. The summed E-state index contributed by atoms with van der Waals surface area (Å²) in [5.74, 6) is 0.739. The van der Waals surface area contributed by atoms with Crippen molar-refractivity contribution in [3.05, 3.63) is 29.6 Å². The van der Waals surface area contributed by atoms with E-state index >= 15 is 0 Å². The molecule has 110 valence electrons. The molecule has 0 aromatic carbocycles. The smallest absolute Gasteiger partial charge is 0.253 e. The van der Waals surface area contributed by atoms with Crippen LogP contribution in [0.4, 0.5) is 0 Å². The number of rotatable bonds is 8. The average Bonchev–Trinajstić information content (AvgIpc) is 2.48. The minimum absolute atomic E-state index is 0.739. The zero-order valence-electron chi connectivity index (χ0n) is 12.8. The fourth-order valence-corrected chi connectivity index (χ4v) is 2.37. The molecule has 0 bridgehead atoms. The second-order valence-electron chi connectivity index (χ2n) is 5.45. The first-order valence-corrected chi connectivity index (χ1v) is 7.95. The largest absolute Gasteiger partial charge is 0.359 e. The Balaban J connectivity index is 1.91. The summed E-state index contributed by atoms with van der Waals surface area (Å²) in [4.78, 5) is 10.3. The molecule has 1 aliphatic heterocycles. The minimum Gasteiger partial charge on any atom is -0.359 e. The summed E-state index contributed by atoms with van der Waals surface area (Å²) in [6.45, 7) is 5.38. The molecule has 0 amide bonds. The Morgan fingerprint density at radius 1 is 1.10 bits per heavy atom. The van der Waals surface area contributed by atoms with Gasteiger partial charge in [-0.15, -0.1) is 0 Å². The molecular weight excluding hydrogens is 248 g/mol. The van der Waals surface area contributed by atoms with E-state index in [-0.39, 0.29) is 0 Å². The predicted molar refractivity (Wildman–Crippen MR) is 83.4 cm³/mol. The lowest BCUT2D eigenvalue weighted by molar-refractivity contribution is -0.0159. The third-order valence-electron chi connectivity index (χ3n) is 3.61. The molecule has 2 heterocycles. The number of nitrogens with zero attached hydrogens (tertiary/aromatic N) is 2. The monoisotopic (exact) mass is 274 g/mol. The lowest BCUT2D eigenvalue weighted by Gasteiger charge is -2.24. The maximum absolute atomic E-state index is 5.79. The van der Waals surface area contributed by atoms with Crippen LogP contribution >= 0.6 is 0 Å². The highest BCUT2D eigenvalue weighted by atomic mass is 16.7. The van der Waals surface area contributed by atoms with Crippen molar-refractivity contribution in [1.82, 2.24) is 10.0 Å². The maximum atomic E-state index is 5.79. The van der Waals surface area contributed by atoms with Gasteiger partial charge >= 0.3 is 0 Å². The first kappa shape index (κ1) is 14.9. The number of aryl methyl sites for hydroxylation is 1. The highest BCUT2D eigenvalue weighted by Crippen LogP contribution is 2.24. The summed E-state index contributed by atoms with van der Waals surface area (Å²) in [5, 5.41) is 1.89. The molecule has 3 heteroatoms. The molecule has 0 radical (unpaired) electrons. The van der Waals surface area contributed by atoms with Gasteiger partial charge in [0, 0.05) is 18.0 Å². The summed E-state index contributed by atoms with van der Waals surface area (Å²) in [6.07, 6.45) is 14.6. The number of aromatic nitrogens is 1. The second-order valence-corrected chi connectivity index (χ2v) is 5.45. The van der Waals surface area contributed by atoms with Crippen molar-refractivity contribution in [2.75, 3.05) is 6.54 Å². The van der Waals surface area contributed by atoms with Crippen molar-refractivity contribution in [2.24, 2.45) is 0 Å². The fraction of sp³-hybridized carbons (Fsp3) is 0.588. The molecule has 1 aromatic rings. The molecule has 0 unspecified atom stereocenters. The van der Waals surface area contributed by atoms with Crippen LogP contribution in [0.2, 0.25) is 0 Å². The molecule has 0 aliphatic carbocycles. The van der Waals surface area contributed by atoms with E-state index in [1.54, 1.807) is 0 Å². The molecule has 1 aromatic heterocycles. The Labute approximate surface area is 122 Å². The number of pyridine rings is 1. The third kappa shape index (κ3) is 4.26. The summed E-state index contributed by atoms with van der Waals surface area (Å²) in [5.41, 5.74) is 2.41. The minimum atomic E-state index is 0.739. The van der Waals surface area contributed by atoms with Crippen LogP contribution in [0.1, 0.15) is 63.5 Å². The molecule has 0 N–H and O–H groups in total. The standard InChI is InChI=1S/C17H26N2O/c1-3-5-7-9-15-13-16-10-12-19(11-8-6-4-2)20-17(16)18-14-15/h10,12-14H,3-9,11H2,1-2H3. The lowest BCUT2D eigenvalue weighted by atomic mass is 10.1. The Morgan fingerprint density at radius 3 is 2.70 bits per heavy atom. The van der Waals surface area contributed by atoms with Gasteiger partial charge in [0.25, 0.3) is 5.88 Å². The van der Waals surface area contributed by atoms with Gasteiger partial charge in [-0.3, -0.25) is 0 Å². The van der Waals surface area contributed by atoms with Gasteiger partial charge in [-0.25, -0.2) is 10.0 Å². The van der Waals surface area contributed by atoms with Gasteiger partial charge < -0.3 is 4.84 Å². The van der Waals surface area contributed by atoms with E-state index in [0.29, 0.717) is 0 Å². The van der Waals surface area contributed by atoms with E-state index in [0.717, 1.165) is 30.8 Å². The Morgan fingerprint density at radius 2 is 1.90 bits per heavy atom. The van der Waals surface area contributed by atoms with Crippen LogP contribution in [0.5, 0.6) is 5.88 Å². The van der Waals surface area contributed by atoms with E-state index in [4.69, 9.17) is 4.84 Å². The van der Waals surface area contributed by atoms with E-state index in [1.165, 1.54) is 37.7 Å². The van der Waals surface area contributed by atoms with Gasteiger partial charge in [-0.2, -0.15) is 0 Å². The fourth-order valence-electron chi connectivity index (χ4n) is 2.37. The predicted octanol–water partition coefficient (Wildman–Crippen LogP) is 4.58. The Hall–Kier alpha value is -1.51. The Kier molecular flexibility index (Phi) is 5.90. The van der Waals surface area contributed by atoms with Crippen molar-refractivity contribution < 1.29 is 4.84 Å². The molecule has 0 fully saturated rings. The average molecular weight is 274 g/mol. The van der Waals surface area contributed by atoms with Crippen molar-refractivity contribution in [2.45, 2.75) is 58.8 Å². The van der Waals surface area contributed by atoms with Gasteiger partial charge in [0.15, 0.2) is 0 Å². The molecule has 0 saturated heterocycles. The number of fused-ring (bicyclic) bond motifs is 1. The molecule has 2 rings (SSSR count). The van der Waals surface area contributed by atoms with Crippen LogP contribution in [-0.4, -0.2) is 16.6 Å². The molecule has 1 aliphatic rings. The topological polar surface area (TPSA) is 25.4 Å². The molecule has 0 spiro atoms. The first-order chi connectivity index (χ1) is 9.83. The lowest BCUT2D eigenvalue weighted by Crippen LogP contribution is -2.25. The molecular formula is C17H26N2O. The number of hydrogen-bond acceptors (Lipinski definition) is 3. The molecule has 3 nitrogen and oxygen atoms in total. The van der Waals surface area contributed by atoms with E-state index in [2.05, 4.69) is 31.0 Å². The van der Waals surface area contributed by atoms with Gasteiger partial charge in [0.05, 0.1) is 6.54 Å². The summed E-state index contributed by atoms with van der Waals surface area (Å²) >= 11 is 0. The first-order valence-electron chi connectivity index (χ1n) is 7.95. The van der Waals surface area contributed by atoms with Crippen molar-refractivity contribution in [1.29, 1.82) is 0 Å².